The number of ether oxygens (including phenoxy) is 1. The Kier molecular flexibility index (Phi) is 6.88. The van der Waals surface area contributed by atoms with Crippen molar-refractivity contribution in [1.82, 2.24) is 0 Å². The second-order valence-corrected chi connectivity index (χ2v) is 7.52. The second-order valence-electron chi connectivity index (χ2n) is 7.52. The molecule has 1 unspecified atom stereocenters. The van der Waals surface area contributed by atoms with Gasteiger partial charge in [0, 0.05) is 12.1 Å². The molecule has 1 N–H and O–H groups in total. The van der Waals surface area contributed by atoms with E-state index in [9.17, 15) is 27.1 Å². The van der Waals surface area contributed by atoms with E-state index >= 15 is 0 Å². The van der Waals surface area contributed by atoms with E-state index in [0.717, 1.165) is 6.42 Å². The maximum absolute atomic E-state index is 14.3. The Bertz CT molecular complexity index is 575. The average Bonchev–Trinajstić information content (AvgIpc) is 2.57. The van der Waals surface area contributed by atoms with Crippen molar-refractivity contribution in [1.29, 1.82) is 0 Å². The highest BCUT2D eigenvalue weighted by molar-refractivity contribution is 5.25. The normalized spacial score (nSPS) is 22.5. The van der Waals surface area contributed by atoms with Gasteiger partial charge in [-0.2, -0.15) is 8.78 Å². The molecule has 1 aliphatic carbocycles. The minimum Gasteiger partial charge on any atom is -0.432 e. The highest BCUT2D eigenvalue weighted by Gasteiger charge is 2.45. The Morgan fingerprint density at radius 3 is 2.08 bits per heavy atom. The predicted molar refractivity (Wildman–Crippen MR) is 87.4 cm³/mol. The van der Waals surface area contributed by atoms with Crippen LogP contribution in [0.5, 0.6) is 5.75 Å². The van der Waals surface area contributed by atoms with Crippen LogP contribution in [-0.2, 0) is 0 Å². The minimum absolute atomic E-state index is 0.0264. The highest BCUT2D eigenvalue weighted by Crippen LogP contribution is 2.41. The summed E-state index contributed by atoms with van der Waals surface area (Å²) in [6, 6.07) is 0.821. The van der Waals surface area contributed by atoms with Gasteiger partial charge in [-0.3, -0.25) is 0 Å². The molecule has 1 aliphatic rings. The zero-order valence-corrected chi connectivity index (χ0v) is 15.0. The Morgan fingerprint density at radius 2 is 1.58 bits per heavy atom. The predicted octanol–water partition coefficient (Wildman–Crippen LogP) is 5.68. The van der Waals surface area contributed by atoms with Gasteiger partial charge in [-0.1, -0.05) is 13.8 Å². The molecule has 148 valence electrons. The number of rotatable bonds is 7. The van der Waals surface area contributed by atoms with E-state index in [1.165, 1.54) is 0 Å². The summed E-state index contributed by atoms with van der Waals surface area (Å²) < 4.78 is 72.4. The number of aliphatic hydroxyl groups excluding tert-OH is 1. The van der Waals surface area contributed by atoms with Crippen LogP contribution in [0.25, 0.3) is 0 Å². The van der Waals surface area contributed by atoms with Gasteiger partial charge in [-0.25, -0.2) is 13.2 Å². The molecule has 0 amide bonds. The van der Waals surface area contributed by atoms with Crippen LogP contribution in [0.15, 0.2) is 12.1 Å². The molecule has 0 spiro atoms. The molecule has 0 radical (unpaired) electrons. The Labute approximate surface area is 150 Å². The fourth-order valence-electron chi connectivity index (χ4n) is 3.41. The quantitative estimate of drug-likeness (QED) is 0.487. The van der Waals surface area contributed by atoms with Crippen LogP contribution in [0, 0.1) is 35.2 Å². The van der Waals surface area contributed by atoms with Crippen molar-refractivity contribution in [2.45, 2.75) is 64.6 Å². The summed E-state index contributed by atoms with van der Waals surface area (Å²) in [5.74, 6) is -6.30. The van der Waals surface area contributed by atoms with E-state index in [1.807, 2.05) is 0 Å². The first-order valence-electron chi connectivity index (χ1n) is 8.99. The topological polar surface area (TPSA) is 29.5 Å². The summed E-state index contributed by atoms with van der Waals surface area (Å²) in [6.07, 6.45) is -1.44. The van der Waals surface area contributed by atoms with Crippen LogP contribution >= 0.6 is 0 Å². The van der Waals surface area contributed by atoms with Crippen molar-refractivity contribution < 1.29 is 31.8 Å². The molecule has 0 aliphatic heterocycles. The SMILES string of the molecule is CC(C)CCC(O)C1CCC(C(F)(F)Oc2cc(F)c(F)c(F)c2)CC1. The van der Waals surface area contributed by atoms with E-state index < -0.39 is 41.3 Å². The molecular formula is C19H25F5O2. The van der Waals surface area contributed by atoms with Gasteiger partial charge >= 0.3 is 6.11 Å². The van der Waals surface area contributed by atoms with Gasteiger partial charge in [-0.05, 0) is 50.4 Å². The summed E-state index contributed by atoms with van der Waals surface area (Å²) in [7, 11) is 0. The number of halogens is 5. The molecule has 7 heteroatoms. The smallest absolute Gasteiger partial charge is 0.400 e. The zero-order chi connectivity index (χ0) is 19.5. The zero-order valence-electron chi connectivity index (χ0n) is 15.0. The number of alkyl halides is 2. The molecule has 0 saturated heterocycles. The molecule has 1 aromatic rings. The Balaban J connectivity index is 1.93. The third kappa shape index (κ3) is 5.32. The van der Waals surface area contributed by atoms with Gasteiger partial charge in [0.05, 0.1) is 12.0 Å². The Hall–Kier alpha value is -1.37. The largest absolute Gasteiger partial charge is 0.432 e. The fraction of sp³-hybridized carbons (Fsp3) is 0.684. The van der Waals surface area contributed by atoms with Crippen molar-refractivity contribution in [3.63, 3.8) is 0 Å². The van der Waals surface area contributed by atoms with E-state index in [1.54, 1.807) is 0 Å². The molecule has 1 saturated carbocycles. The van der Waals surface area contributed by atoms with Crippen LogP contribution in [0.4, 0.5) is 22.0 Å². The van der Waals surface area contributed by atoms with Crippen LogP contribution in [-0.4, -0.2) is 17.3 Å². The van der Waals surface area contributed by atoms with Gasteiger partial charge in [0.25, 0.3) is 0 Å². The third-order valence-corrected chi connectivity index (χ3v) is 5.04. The first kappa shape index (κ1) is 20.9. The maximum atomic E-state index is 14.3. The van der Waals surface area contributed by atoms with Gasteiger partial charge in [0.1, 0.15) is 5.75 Å². The lowest BCUT2D eigenvalue weighted by Crippen LogP contribution is -2.38. The van der Waals surface area contributed by atoms with Gasteiger partial charge in [0.2, 0.25) is 0 Å². The molecule has 0 heterocycles. The molecule has 2 rings (SSSR count). The molecule has 1 aromatic carbocycles. The minimum atomic E-state index is -3.62. The summed E-state index contributed by atoms with van der Waals surface area (Å²) in [5.41, 5.74) is 0. The number of hydrogen-bond donors (Lipinski definition) is 1. The van der Waals surface area contributed by atoms with E-state index in [4.69, 9.17) is 0 Å². The summed E-state index contributed by atoms with van der Waals surface area (Å²) in [6.45, 7) is 4.12. The molecule has 1 atom stereocenters. The molecular weight excluding hydrogens is 355 g/mol. The summed E-state index contributed by atoms with van der Waals surface area (Å²) in [5, 5.41) is 10.2. The van der Waals surface area contributed by atoms with Crippen molar-refractivity contribution in [3.05, 3.63) is 29.6 Å². The van der Waals surface area contributed by atoms with Crippen LogP contribution in [0.1, 0.15) is 52.4 Å². The fourth-order valence-corrected chi connectivity index (χ4v) is 3.41. The number of aliphatic hydroxyl groups is 1. The molecule has 0 aromatic heterocycles. The summed E-state index contributed by atoms with van der Waals surface area (Å²) in [4.78, 5) is 0. The molecule has 2 nitrogen and oxygen atoms in total. The average molecular weight is 380 g/mol. The van der Waals surface area contributed by atoms with E-state index in [0.29, 0.717) is 37.3 Å². The van der Waals surface area contributed by atoms with Crippen molar-refractivity contribution in [3.8, 4) is 5.75 Å². The first-order valence-corrected chi connectivity index (χ1v) is 8.99. The lowest BCUT2D eigenvalue weighted by molar-refractivity contribution is -0.225. The lowest BCUT2D eigenvalue weighted by Gasteiger charge is -2.35. The first-order chi connectivity index (χ1) is 12.1. The van der Waals surface area contributed by atoms with Crippen molar-refractivity contribution >= 4 is 0 Å². The van der Waals surface area contributed by atoms with E-state index in [2.05, 4.69) is 18.6 Å². The van der Waals surface area contributed by atoms with Crippen LogP contribution < -0.4 is 4.74 Å². The van der Waals surface area contributed by atoms with Gasteiger partial charge in [-0.15, -0.1) is 0 Å². The third-order valence-electron chi connectivity index (χ3n) is 5.04. The molecule has 1 fully saturated rings. The van der Waals surface area contributed by atoms with E-state index in [-0.39, 0.29) is 18.8 Å². The van der Waals surface area contributed by atoms with Crippen LogP contribution in [0.3, 0.4) is 0 Å². The van der Waals surface area contributed by atoms with Crippen molar-refractivity contribution in [2.75, 3.05) is 0 Å². The van der Waals surface area contributed by atoms with Gasteiger partial charge in [0.15, 0.2) is 17.5 Å². The number of benzene rings is 1. The highest BCUT2D eigenvalue weighted by atomic mass is 19.3. The standard InChI is InChI=1S/C19H25F5O2/c1-11(2)3-8-17(25)12-4-6-13(7-5-12)19(23,24)26-14-9-15(20)18(22)16(21)10-14/h9-13,17,25H,3-8H2,1-2H3. The second kappa shape index (κ2) is 8.55. The number of hydrogen-bond acceptors (Lipinski definition) is 2. The molecule has 26 heavy (non-hydrogen) atoms. The van der Waals surface area contributed by atoms with Crippen molar-refractivity contribution in [2.24, 2.45) is 17.8 Å². The maximum Gasteiger partial charge on any atom is 0.400 e. The molecule has 0 bridgehead atoms. The van der Waals surface area contributed by atoms with Gasteiger partial charge < -0.3 is 9.84 Å². The lowest BCUT2D eigenvalue weighted by atomic mass is 9.77. The van der Waals surface area contributed by atoms with Crippen LogP contribution in [0.2, 0.25) is 0 Å². The monoisotopic (exact) mass is 380 g/mol. The summed E-state index contributed by atoms with van der Waals surface area (Å²) >= 11 is 0. The Morgan fingerprint density at radius 1 is 1.04 bits per heavy atom.